The van der Waals surface area contributed by atoms with Crippen molar-refractivity contribution in [1.29, 1.82) is 0 Å². The van der Waals surface area contributed by atoms with Crippen LogP contribution in [0, 0.1) is 13.8 Å². The molecule has 4 heteroatoms. The average molecular weight is 248 g/mol. The standard InChI is InChI=1S/C13H16N2OS/c1-9-10(2)17-13(15-9)16-12-5-3-11(4-6-12)7-8-14/h3-6H,7-8,14H2,1-2H3. The second-order valence-electron chi connectivity index (χ2n) is 3.91. The van der Waals surface area contributed by atoms with Gasteiger partial charge in [0.2, 0.25) is 0 Å². The molecule has 2 rings (SSSR count). The van der Waals surface area contributed by atoms with Crippen LogP contribution in [-0.2, 0) is 6.42 Å². The molecule has 2 N–H and O–H groups in total. The summed E-state index contributed by atoms with van der Waals surface area (Å²) < 4.78 is 5.69. The Morgan fingerprint density at radius 1 is 1.24 bits per heavy atom. The highest BCUT2D eigenvalue weighted by molar-refractivity contribution is 7.13. The molecule has 0 atom stereocenters. The quantitative estimate of drug-likeness (QED) is 0.904. The molecule has 2 aromatic rings. The number of hydrogen-bond donors (Lipinski definition) is 1. The molecule has 90 valence electrons. The van der Waals surface area contributed by atoms with Crippen LogP contribution in [-0.4, -0.2) is 11.5 Å². The van der Waals surface area contributed by atoms with Gasteiger partial charge in [0.25, 0.3) is 5.19 Å². The van der Waals surface area contributed by atoms with Gasteiger partial charge in [0.15, 0.2) is 0 Å². The van der Waals surface area contributed by atoms with Gasteiger partial charge in [-0.05, 0) is 44.5 Å². The zero-order valence-electron chi connectivity index (χ0n) is 10.1. The van der Waals surface area contributed by atoms with Crippen LogP contribution >= 0.6 is 11.3 Å². The van der Waals surface area contributed by atoms with E-state index in [0.29, 0.717) is 11.7 Å². The molecule has 0 spiro atoms. The van der Waals surface area contributed by atoms with E-state index in [2.05, 4.69) is 4.98 Å². The first-order valence-electron chi connectivity index (χ1n) is 5.60. The highest BCUT2D eigenvalue weighted by Crippen LogP contribution is 2.28. The monoisotopic (exact) mass is 248 g/mol. The van der Waals surface area contributed by atoms with Crippen molar-refractivity contribution in [3.8, 4) is 10.9 Å². The highest BCUT2D eigenvalue weighted by atomic mass is 32.1. The van der Waals surface area contributed by atoms with Crippen LogP contribution in [0.4, 0.5) is 0 Å². The molecule has 1 aromatic carbocycles. The van der Waals surface area contributed by atoms with E-state index in [4.69, 9.17) is 10.5 Å². The van der Waals surface area contributed by atoms with E-state index in [1.807, 2.05) is 38.1 Å². The van der Waals surface area contributed by atoms with Crippen LogP contribution in [0.3, 0.4) is 0 Å². The third kappa shape index (κ3) is 3.05. The van der Waals surface area contributed by atoms with E-state index < -0.39 is 0 Å². The maximum Gasteiger partial charge on any atom is 0.279 e. The van der Waals surface area contributed by atoms with Crippen molar-refractivity contribution >= 4 is 11.3 Å². The molecular weight excluding hydrogens is 232 g/mol. The minimum absolute atomic E-state index is 0.672. The molecule has 0 amide bonds. The van der Waals surface area contributed by atoms with E-state index in [9.17, 15) is 0 Å². The lowest BCUT2D eigenvalue weighted by molar-refractivity contribution is 0.477. The topological polar surface area (TPSA) is 48.1 Å². The zero-order valence-corrected chi connectivity index (χ0v) is 10.9. The van der Waals surface area contributed by atoms with Gasteiger partial charge in [0.05, 0.1) is 5.69 Å². The summed E-state index contributed by atoms with van der Waals surface area (Å²) in [6, 6.07) is 7.99. The van der Waals surface area contributed by atoms with E-state index in [-0.39, 0.29) is 0 Å². The minimum atomic E-state index is 0.672. The van der Waals surface area contributed by atoms with Gasteiger partial charge in [-0.1, -0.05) is 23.5 Å². The van der Waals surface area contributed by atoms with Crippen LogP contribution in [0.25, 0.3) is 0 Å². The molecule has 0 aliphatic rings. The van der Waals surface area contributed by atoms with Crippen LogP contribution in [0.15, 0.2) is 24.3 Å². The summed E-state index contributed by atoms with van der Waals surface area (Å²) in [6.07, 6.45) is 0.899. The number of aromatic nitrogens is 1. The first-order chi connectivity index (χ1) is 8.19. The Hall–Kier alpha value is -1.39. The fraction of sp³-hybridized carbons (Fsp3) is 0.308. The van der Waals surface area contributed by atoms with E-state index >= 15 is 0 Å². The number of thiazole rings is 1. The summed E-state index contributed by atoms with van der Waals surface area (Å²) in [5.74, 6) is 0.819. The molecule has 1 heterocycles. The van der Waals surface area contributed by atoms with Gasteiger partial charge >= 0.3 is 0 Å². The highest BCUT2D eigenvalue weighted by Gasteiger charge is 2.05. The maximum atomic E-state index is 5.69. The number of rotatable bonds is 4. The van der Waals surface area contributed by atoms with Gasteiger partial charge in [-0.15, -0.1) is 0 Å². The first kappa shape index (κ1) is 12.1. The van der Waals surface area contributed by atoms with Gasteiger partial charge in [0.1, 0.15) is 5.75 Å². The Kier molecular flexibility index (Phi) is 3.76. The summed E-state index contributed by atoms with van der Waals surface area (Å²) in [6.45, 7) is 4.71. The third-order valence-electron chi connectivity index (χ3n) is 2.57. The molecule has 0 radical (unpaired) electrons. The Morgan fingerprint density at radius 2 is 1.94 bits per heavy atom. The lowest BCUT2D eigenvalue weighted by atomic mass is 10.1. The SMILES string of the molecule is Cc1nc(Oc2ccc(CCN)cc2)sc1C. The fourth-order valence-electron chi connectivity index (χ4n) is 1.48. The average Bonchev–Trinajstić information content (AvgIpc) is 2.61. The number of ether oxygens (including phenoxy) is 1. The smallest absolute Gasteiger partial charge is 0.279 e. The van der Waals surface area contributed by atoms with Crippen molar-refractivity contribution in [2.45, 2.75) is 20.3 Å². The maximum absolute atomic E-state index is 5.69. The molecule has 0 saturated carbocycles. The van der Waals surface area contributed by atoms with Crippen LogP contribution in [0.1, 0.15) is 16.1 Å². The second-order valence-corrected chi connectivity index (χ2v) is 5.07. The van der Waals surface area contributed by atoms with Crippen molar-refractivity contribution in [2.24, 2.45) is 5.73 Å². The van der Waals surface area contributed by atoms with E-state index in [1.165, 1.54) is 10.4 Å². The third-order valence-corrected chi connectivity index (χ3v) is 3.52. The number of nitrogens with two attached hydrogens (primary N) is 1. The van der Waals surface area contributed by atoms with Crippen LogP contribution in [0.2, 0.25) is 0 Å². The number of aryl methyl sites for hydroxylation is 2. The molecule has 0 aliphatic carbocycles. The Bertz CT molecular complexity index is 471. The van der Waals surface area contributed by atoms with Crippen molar-refractivity contribution in [3.05, 3.63) is 40.4 Å². The van der Waals surface area contributed by atoms with E-state index in [0.717, 1.165) is 17.9 Å². The second kappa shape index (κ2) is 5.29. The Balaban J connectivity index is 2.08. The fourth-order valence-corrected chi connectivity index (χ4v) is 2.25. The molecule has 0 fully saturated rings. The molecule has 0 aliphatic heterocycles. The Labute approximate surface area is 105 Å². The summed E-state index contributed by atoms with van der Waals surface area (Å²) in [5, 5.41) is 0.701. The number of hydrogen-bond acceptors (Lipinski definition) is 4. The van der Waals surface area contributed by atoms with Gasteiger partial charge in [-0.2, -0.15) is 0 Å². The first-order valence-corrected chi connectivity index (χ1v) is 6.41. The van der Waals surface area contributed by atoms with Crippen LogP contribution < -0.4 is 10.5 Å². The predicted molar refractivity (Wildman–Crippen MR) is 70.9 cm³/mol. The minimum Gasteiger partial charge on any atom is -0.431 e. The van der Waals surface area contributed by atoms with Gasteiger partial charge in [0, 0.05) is 4.88 Å². The van der Waals surface area contributed by atoms with Crippen LogP contribution in [0.5, 0.6) is 10.9 Å². The largest absolute Gasteiger partial charge is 0.431 e. The van der Waals surface area contributed by atoms with Crippen molar-refractivity contribution in [3.63, 3.8) is 0 Å². The van der Waals surface area contributed by atoms with Gasteiger partial charge in [-0.25, -0.2) is 4.98 Å². The van der Waals surface area contributed by atoms with Crippen molar-refractivity contribution in [2.75, 3.05) is 6.54 Å². The molecule has 0 bridgehead atoms. The summed E-state index contributed by atoms with van der Waals surface area (Å²) >= 11 is 1.57. The lowest BCUT2D eigenvalue weighted by Gasteiger charge is -2.03. The molecule has 3 nitrogen and oxygen atoms in total. The number of nitrogens with zero attached hydrogens (tertiary/aromatic N) is 1. The molecular formula is C13H16N2OS. The molecule has 0 unspecified atom stereocenters. The Morgan fingerprint density at radius 3 is 2.47 bits per heavy atom. The lowest BCUT2D eigenvalue weighted by Crippen LogP contribution is -2.02. The predicted octanol–water partition coefficient (Wildman–Crippen LogP) is 3.05. The van der Waals surface area contributed by atoms with E-state index in [1.54, 1.807) is 11.3 Å². The summed E-state index contributed by atoms with van der Waals surface area (Å²) in [4.78, 5) is 5.53. The number of benzene rings is 1. The van der Waals surface area contributed by atoms with Gasteiger partial charge in [-0.3, -0.25) is 0 Å². The van der Waals surface area contributed by atoms with Gasteiger partial charge < -0.3 is 10.5 Å². The summed E-state index contributed by atoms with van der Waals surface area (Å²) in [5.41, 5.74) is 7.76. The summed E-state index contributed by atoms with van der Waals surface area (Å²) in [7, 11) is 0. The normalized spacial score (nSPS) is 10.5. The van der Waals surface area contributed by atoms with Crippen molar-refractivity contribution < 1.29 is 4.74 Å². The molecule has 0 saturated heterocycles. The van der Waals surface area contributed by atoms with Crippen molar-refractivity contribution in [1.82, 2.24) is 4.98 Å². The molecule has 1 aromatic heterocycles. The zero-order chi connectivity index (χ0) is 12.3. The molecule has 17 heavy (non-hydrogen) atoms.